The number of amides is 1. The minimum absolute atomic E-state index is 0.0137. The predicted octanol–water partition coefficient (Wildman–Crippen LogP) is 1.42. The van der Waals surface area contributed by atoms with Gasteiger partial charge in [-0.2, -0.15) is 5.10 Å². The standard InChI is InChI=1S/C19H22N6O2/c1-12-16(22-17(20-12)13-6-4-3-5-7-13)18(26)21-14-8-9-15-23-24(2)19(27)25(15)11-10-14/h3-7,14H,8-11H2,1-2H3,(H,20,22)(H,21,26). The summed E-state index contributed by atoms with van der Waals surface area (Å²) in [5.41, 5.74) is 1.98. The van der Waals surface area contributed by atoms with Crippen LogP contribution in [0.3, 0.4) is 0 Å². The van der Waals surface area contributed by atoms with Crippen LogP contribution in [0.15, 0.2) is 35.1 Å². The number of aromatic nitrogens is 5. The van der Waals surface area contributed by atoms with Gasteiger partial charge in [0.15, 0.2) is 0 Å². The van der Waals surface area contributed by atoms with Crippen molar-refractivity contribution in [1.82, 2.24) is 29.6 Å². The molecule has 0 aliphatic carbocycles. The van der Waals surface area contributed by atoms with Crippen molar-refractivity contribution in [1.29, 1.82) is 0 Å². The maximum absolute atomic E-state index is 12.7. The fourth-order valence-electron chi connectivity index (χ4n) is 3.51. The van der Waals surface area contributed by atoms with Gasteiger partial charge in [-0.3, -0.25) is 9.36 Å². The van der Waals surface area contributed by atoms with Gasteiger partial charge in [0.05, 0.1) is 0 Å². The molecule has 0 spiro atoms. The topological polar surface area (TPSA) is 97.6 Å². The van der Waals surface area contributed by atoms with E-state index in [0.29, 0.717) is 30.9 Å². The van der Waals surface area contributed by atoms with Crippen molar-refractivity contribution in [3.63, 3.8) is 0 Å². The molecule has 3 aromatic rings. The summed E-state index contributed by atoms with van der Waals surface area (Å²) in [5.74, 6) is 1.27. The second kappa shape index (κ2) is 6.86. The molecule has 8 heteroatoms. The number of fused-ring (bicyclic) bond motifs is 1. The lowest BCUT2D eigenvalue weighted by Crippen LogP contribution is -2.36. The van der Waals surface area contributed by atoms with Gasteiger partial charge in [0.1, 0.15) is 17.3 Å². The highest BCUT2D eigenvalue weighted by molar-refractivity contribution is 5.94. The van der Waals surface area contributed by atoms with Crippen LogP contribution in [0, 0.1) is 6.92 Å². The van der Waals surface area contributed by atoms with Crippen LogP contribution in [-0.4, -0.2) is 36.3 Å². The first-order valence-electron chi connectivity index (χ1n) is 9.08. The Morgan fingerprint density at radius 1 is 1.26 bits per heavy atom. The fraction of sp³-hybridized carbons (Fsp3) is 0.368. The van der Waals surface area contributed by atoms with Crippen LogP contribution in [0.4, 0.5) is 0 Å². The van der Waals surface area contributed by atoms with Gasteiger partial charge in [0, 0.05) is 37.3 Å². The summed E-state index contributed by atoms with van der Waals surface area (Å²) in [6, 6.07) is 9.70. The third kappa shape index (κ3) is 3.30. The molecule has 1 aliphatic heterocycles. The Morgan fingerprint density at radius 3 is 2.81 bits per heavy atom. The Bertz CT molecular complexity index is 1030. The largest absolute Gasteiger partial charge is 0.348 e. The van der Waals surface area contributed by atoms with E-state index in [-0.39, 0.29) is 17.6 Å². The number of nitrogens with one attached hydrogen (secondary N) is 2. The highest BCUT2D eigenvalue weighted by Crippen LogP contribution is 2.18. The SMILES string of the molecule is Cc1[nH]c(-c2ccccc2)nc1C(=O)NC1CCc2nn(C)c(=O)n2CC1. The molecule has 1 unspecified atom stereocenters. The second-order valence-electron chi connectivity index (χ2n) is 6.90. The summed E-state index contributed by atoms with van der Waals surface area (Å²) in [7, 11) is 1.66. The summed E-state index contributed by atoms with van der Waals surface area (Å²) in [4.78, 5) is 32.5. The molecule has 1 aliphatic rings. The molecule has 27 heavy (non-hydrogen) atoms. The van der Waals surface area contributed by atoms with Crippen molar-refractivity contribution < 1.29 is 4.79 Å². The van der Waals surface area contributed by atoms with Gasteiger partial charge in [-0.25, -0.2) is 14.5 Å². The zero-order chi connectivity index (χ0) is 19.0. The van der Waals surface area contributed by atoms with E-state index in [2.05, 4.69) is 20.4 Å². The zero-order valence-corrected chi connectivity index (χ0v) is 15.4. The second-order valence-corrected chi connectivity index (χ2v) is 6.90. The molecule has 0 fully saturated rings. The first-order chi connectivity index (χ1) is 13.0. The van der Waals surface area contributed by atoms with Crippen LogP contribution < -0.4 is 11.0 Å². The average Bonchev–Trinajstić information content (AvgIpc) is 3.11. The molecule has 1 atom stereocenters. The third-order valence-electron chi connectivity index (χ3n) is 4.98. The smallest absolute Gasteiger partial charge is 0.345 e. The number of imidazole rings is 1. The highest BCUT2D eigenvalue weighted by Gasteiger charge is 2.23. The number of benzene rings is 1. The number of rotatable bonds is 3. The lowest BCUT2D eigenvalue weighted by atomic mass is 10.1. The molecule has 2 N–H and O–H groups in total. The van der Waals surface area contributed by atoms with Crippen LogP contribution in [-0.2, 0) is 20.0 Å². The quantitative estimate of drug-likeness (QED) is 0.732. The molecular formula is C19H22N6O2. The number of aromatic amines is 1. The Morgan fingerprint density at radius 2 is 2.04 bits per heavy atom. The number of carbonyl (C=O) groups excluding carboxylic acids is 1. The van der Waals surface area contributed by atoms with Crippen molar-refractivity contribution in [3.8, 4) is 11.4 Å². The van der Waals surface area contributed by atoms with Crippen LogP contribution in [0.2, 0.25) is 0 Å². The molecule has 1 amide bonds. The molecule has 0 saturated heterocycles. The molecule has 4 rings (SSSR count). The molecule has 140 valence electrons. The molecule has 0 bridgehead atoms. The minimum Gasteiger partial charge on any atom is -0.348 e. The van der Waals surface area contributed by atoms with Gasteiger partial charge >= 0.3 is 5.69 Å². The van der Waals surface area contributed by atoms with Crippen LogP contribution in [0.1, 0.15) is 34.8 Å². The Kier molecular flexibility index (Phi) is 4.39. The number of hydrogen-bond acceptors (Lipinski definition) is 4. The highest BCUT2D eigenvalue weighted by atomic mass is 16.2. The summed E-state index contributed by atoms with van der Waals surface area (Å²) in [6.45, 7) is 2.41. The molecule has 0 saturated carbocycles. The van der Waals surface area contributed by atoms with E-state index in [4.69, 9.17) is 0 Å². The minimum atomic E-state index is -0.191. The Hall–Kier alpha value is -3.16. The monoisotopic (exact) mass is 366 g/mol. The summed E-state index contributed by atoms with van der Waals surface area (Å²) < 4.78 is 3.06. The number of aryl methyl sites for hydroxylation is 3. The van der Waals surface area contributed by atoms with Gasteiger partial charge in [-0.15, -0.1) is 0 Å². The van der Waals surface area contributed by atoms with Gasteiger partial charge in [-0.05, 0) is 19.8 Å². The van der Waals surface area contributed by atoms with Crippen LogP contribution >= 0.6 is 0 Å². The van der Waals surface area contributed by atoms with Crippen LogP contribution in [0.5, 0.6) is 0 Å². The Labute approximate surface area is 156 Å². The molecule has 8 nitrogen and oxygen atoms in total. The Balaban J connectivity index is 1.47. The normalized spacial score (nSPS) is 16.6. The van der Waals surface area contributed by atoms with E-state index in [1.165, 1.54) is 4.68 Å². The van der Waals surface area contributed by atoms with E-state index >= 15 is 0 Å². The average molecular weight is 366 g/mol. The van der Waals surface area contributed by atoms with Crippen molar-refractivity contribution in [3.05, 3.63) is 58.0 Å². The summed E-state index contributed by atoms with van der Waals surface area (Å²) >= 11 is 0. The van der Waals surface area contributed by atoms with Gasteiger partial charge in [0.25, 0.3) is 5.91 Å². The molecular weight excluding hydrogens is 344 g/mol. The number of H-pyrrole nitrogens is 1. The lowest BCUT2D eigenvalue weighted by molar-refractivity contribution is 0.0927. The third-order valence-corrected chi connectivity index (χ3v) is 4.98. The number of nitrogens with zero attached hydrogens (tertiary/aromatic N) is 4. The molecule has 2 aromatic heterocycles. The lowest BCUT2D eigenvalue weighted by Gasteiger charge is -2.15. The molecule has 1 aromatic carbocycles. The first-order valence-corrected chi connectivity index (χ1v) is 9.08. The molecule has 3 heterocycles. The van der Waals surface area contributed by atoms with E-state index < -0.39 is 0 Å². The van der Waals surface area contributed by atoms with Gasteiger partial charge in [0.2, 0.25) is 0 Å². The van der Waals surface area contributed by atoms with Gasteiger partial charge < -0.3 is 10.3 Å². The maximum Gasteiger partial charge on any atom is 0.345 e. The number of hydrogen-bond donors (Lipinski definition) is 2. The predicted molar refractivity (Wildman–Crippen MR) is 100 cm³/mol. The first kappa shape index (κ1) is 17.3. The summed E-state index contributed by atoms with van der Waals surface area (Å²) in [5, 5.41) is 7.34. The molecule has 0 radical (unpaired) electrons. The van der Waals surface area contributed by atoms with Gasteiger partial charge in [-0.1, -0.05) is 30.3 Å². The van der Waals surface area contributed by atoms with E-state index in [1.54, 1.807) is 11.6 Å². The summed E-state index contributed by atoms with van der Waals surface area (Å²) in [6.07, 6.45) is 2.10. The van der Waals surface area contributed by atoms with Crippen molar-refractivity contribution in [2.75, 3.05) is 0 Å². The van der Waals surface area contributed by atoms with E-state index in [1.807, 2.05) is 37.3 Å². The van der Waals surface area contributed by atoms with E-state index in [0.717, 1.165) is 23.5 Å². The van der Waals surface area contributed by atoms with E-state index in [9.17, 15) is 9.59 Å². The van der Waals surface area contributed by atoms with Crippen LogP contribution in [0.25, 0.3) is 11.4 Å². The van der Waals surface area contributed by atoms with Crippen molar-refractivity contribution in [2.24, 2.45) is 7.05 Å². The fourth-order valence-corrected chi connectivity index (χ4v) is 3.51. The van der Waals surface area contributed by atoms with Crippen molar-refractivity contribution >= 4 is 5.91 Å². The van der Waals surface area contributed by atoms with Crippen molar-refractivity contribution in [2.45, 2.75) is 38.8 Å². The number of carbonyl (C=O) groups is 1. The maximum atomic E-state index is 12.7. The zero-order valence-electron chi connectivity index (χ0n) is 15.4.